The Morgan fingerprint density at radius 2 is 1.69 bits per heavy atom. The van der Waals surface area contributed by atoms with Crippen molar-refractivity contribution in [3.63, 3.8) is 0 Å². The predicted octanol–water partition coefficient (Wildman–Crippen LogP) is 2.51. The highest BCUT2D eigenvalue weighted by Crippen LogP contribution is 2.38. The quantitative estimate of drug-likeness (QED) is 0.389. The lowest BCUT2D eigenvalue weighted by atomic mass is 9.86. The fourth-order valence-electron chi connectivity index (χ4n) is 3.74. The Labute approximate surface area is 169 Å². The van der Waals surface area contributed by atoms with Crippen LogP contribution in [0.2, 0.25) is 0 Å². The summed E-state index contributed by atoms with van der Waals surface area (Å²) in [5, 5.41) is 0. The Balaban J connectivity index is 1.99. The summed E-state index contributed by atoms with van der Waals surface area (Å²) in [7, 11) is 0. The lowest BCUT2D eigenvalue weighted by Crippen LogP contribution is -2.38. The number of ketones is 2. The van der Waals surface area contributed by atoms with Gasteiger partial charge in [0, 0.05) is 31.0 Å². The zero-order valence-corrected chi connectivity index (χ0v) is 16.5. The van der Waals surface area contributed by atoms with Gasteiger partial charge in [-0.15, -0.1) is 0 Å². The van der Waals surface area contributed by atoms with Gasteiger partial charge >= 0.3 is 0 Å². The molecule has 1 aromatic heterocycles. The standard InChI is InChI=1S/C22H24FN3O3/c1-3-25(4-2)13-14-26-19(15-5-7-17(23)8-6-15)18(21(28)22(26)29)20(27)16-9-11-24-12-10-16/h5-12,18-19H,3-4,13-14H2,1-2H3. The molecule has 0 aliphatic carbocycles. The highest BCUT2D eigenvalue weighted by molar-refractivity contribution is 6.44. The van der Waals surface area contributed by atoms with Crippen molar-refractivity contribution in [3.05, 3.63) is 65.7 Å². The average Bonchev–Trinajstić information content (AvgIpc) is 3.00. The van der Waals surface area contributed by atoms with E-state index in [-0.39, 0.29) is 0 Å². The molecule has 1 saturated heterocycles. The first-order valence-electron chi connectivity index (χ1n) is 9.74. The van der Waals surface area contributed by atoms with Gasteiger partial charge in [-0.25, -0.2) is 4.39 Å². The first-order chi connectivity index (χ1) is 14.0. The van der Waals surface area contributed by atoms with Crippen LogP contribution in [0.1, 0.15) is 35.8 Å². The molecule has 0 N–H and O–H groups in total. The van der Waals surface area contributed by atoms with Crippen molar-refractivity contribution in [2.75, 3.05) is 26.2 Å². The summed E-state index contributed by atoms with van der Waals surface area (Å²) >= 11 is 0. The number of aromatic nitrogens is 1. The van der Waals surface area contributed by atoms with Crippen LogP contribution in [0.3, 0.4) is 0 Å². The highest BCUT2D eigenvalue weighted by Gasteiger charge is 2.51. The molecule has 0 radical (unpaired) electrons. The molecule has 7 heteroatoms. The van der Waals surface area contributed by atoms with E-state index in [1.807, 2.05) is 13.8 Å². The number of rotatable bonds is 8. The monoisotopic (exact) mass is 397 g/mol. The number of nitrogens with zero attached hydrogens (tertiary/aromatic N) is 3. The molecule has 2 unspecified atom stereocenters. The van der Waals surface area contributed by atoms with E-state index >= 15 is 0 Å². The second-order valence-corrected chi connectivity index (χ2v) is 6.96. The van der Waals surface area contributed by atoms with Crippen LogP contribution >= 0.6 is 0 Å². The number of benzene rings is 1. The number of pyridine rings is 1. The van der Waals surface area contributed by atoms with E-state index < -0.39 is 35.3 Å². The number of likely N-dealkylation sites (N-methyl/N-ethyl adjacent to an activating group) is 1. The third kappa shape index (κ3) is 4.24. The van der Waals surface area contributed by atoms with Gasteiger partial charge in [0.1, 0.15) is 11.7 Å². The van der Waals surface area contributed by atoms with E-state index in [1.54, 1.807) is 0 Å². The average molecular weight is 397 g/mol. The minimum absolute atomic E-state index is 0.314. The van der Waals surface area contributed by atoms with Crippen molar-refractivity contribution in [1.29, 1.82) is 0 Å². The van der Waals surface area contributed by atoms with Crippen molar-refractivity contribution >= 4 is 17.5 Å². The van der Waals surface area contributed by atoms with Crippen LogP contribution in [0.15, 0.2) is 48.8 Å². The third-order valence-electron chi connectivity index (χ3n) is 5.42. The van der Waals surface area contributed by atoms with Crippen molar-refractivity contribution in [2.24, 2.45) is 5.92 Å². The maximum Gasteiger partial charge on any atom is 0.291 e. The lowest BCUT2D eigenvalue weighted by Gasteiger charge is -2.29. The number of carbonyl (C=O) groups excluding carboxylic acids is 3. The molecular weight excluding hydrogens is 373 g/mol. The first-order valence-corrected chi connectivity index (χ1v) is 9.74. The van der Waals surface area contributed by atoms with E-state index in [4.69, 9.17) is 0 Å². The summed E-state index contributed by atoms with van der Waals surface area (Å²) in [6, 6.07) is 7.91. The molecule has 2 atom stereocenters. The predicted molar refractivity (Wildman–Crippen MR) is 106 cm³/mol. The molecule has 1 fully saturated rings. The summed E-state index contributed by atoms with van der Waals surface area (Å²) < 4.78 is 13.5. The largest absolute Gasteiger partial charge is 0.327 e. The third-order valence-corrected chi connectivity index (χ3v) is 5.42. The van der Waals surface area contributed by atoms with Gasteiger partial charge in [-0.2, -0.15) is 0 Å². The van der Waals surface area contributed by atoms with Gasteiger partial charge in [-0.3, -0.25) is 19.4 Å². The summed E-state index contributed by atoms with van der Waals surface area (Å²) in [5.41, 5.74) is 0.890. The zero-order chi connectivity index (χ0) is 21.0. The van der Waals surface area contributed by atoms with E-state index in [1.165, 1.54) is 53.7 Å². The Hall–Kier alpha value is -2.93. The minimum Gasteiger partial charge on any atom is -0.327 e. The molecule has 0 bridgehead atoms. The lowest BCUT2D eigenvalue weighted by molar-refractivity contribution is -0.140. The topological polar surface area (TPSA) is 70.6 Å². The van der Waals surface area contributed by atoms with E-state index in [9.17, 15) is 18.8 Å². The van der Waals surface area contributed by atoms with E-state index in [2.05, 4.69) is 9.88 Å². The molecule has 1 aliphatic heterocycles. The molecule has 6 nitrogen and oxygen atoms in total. The van der Waals surface area contributed by atoms with Gasteiger partial charge in [0.15, 0.2) is 5.78 Å². The molecule has 2 heterocycles. The fraction of sp³-hybridized carbons (Fsp3) is 0.364. The number of likely N-dealkylation sites (tertiary alicyclic amines) is 1. The zero-order valence-electron chi connectivity index (χ0n) is 16.5. The van der Waals surface area contributed by atoms with Crippen molar-refractivity contribution in [2.45, 2.75) is 19.9 Å². The van der Waals surface area contributed by atoms with E-state index in [0.29, 0.717) is 24.2 Å². The van der Waals surface area contributed by atoms with Crippen LogP contribution in [0, 0.1) is 11.7 Å². The minimum atomic E-state index is -1.16. The van der Waals surface area contributed by atoms with Crippen molar-refractivity contribution in [1.82, 2.24) is 14.8 Å². The van der Waals surface area contributed by atoms with Crippen LogP contribution in [0.4, 0.5) is 4.39 Å². The molecule has 3 rings (SSSR count). The maximum atomic E-state index is 13.5. The molecule has 1 aromatic carbocycles. The number of hydrogen-bond acceptors (Lipinski definition) is 5. The molecular formula is C22H24FN3O3. The Kier molecular flexibility index (Phi) is 6.49. The maximum absolute atomic E-state index is 13.5. The van der Waals surface area contributed by atoms with Crippen molar-refractivity contribution in [3.8, 4) is 0 Å². The van der Waals surface area contributed by atoms with Gasteiger partial charge in [0.25, 0.3) is 5.91 Å². The van der Waals surface area contributed by atoms with Crippen LogP contribution < -0.4 is 0 Å². The number of amides is 1. The SMILES string of the molecule is CCN(CC)CCN1C(=O)C(=O)C(C(=O)c2ccncc2)C1c1ccc(F)cc1. The van der Waals surface area contributed by atoms with Gasteiger partial charge < -0.3 is 9.80 Å². The van der Waals surface area contributed by atoms with Gasteiger partial charge in [0.05, 0.1) is 6.04 Å². The number of carbonyl (C=O) groups is 3. The summed E-state index contributed by atoms with van der Waals surface area (Å²) in [4.78, 5) is 46.3. The van der Waals surface area contributed by atoms with Crippen molar-refractivity contribution < 1.29 is 18.8 Å². The van der Waals surface area contributed by atoms with Crippen LogP contribution in [0.5, 0.6) is 0 Å². The second kappa shape index (κ2) is 9.05. The number of halogens is 1. The number of Topliss-reactive ketones (excluding diaryl/α,β-unsaturated/α-hetero) is 2. The molecule has 152 valence electrons. The smallest absolute Gasteiger partial charge is 0.291 e. The molecule has 2 aromatic rings. The highest BCUT2D eigenvalue weighted by atomic mass is 19.1. The van der Waals surface area contributed by atoms with Gasteiger partial charge in [-0.05, 0) is 42.9 Å². The van der Waals surface area contributed by atoms with Gasteiger partial charge in [-0.1, -0.05) is 26.0 Å². The molecule has 29 heavy (non-hydrogen) atoms. The van der Waals surface area contributed by atoms with Crippen LogP contribution in [0.25, 0.3) is 0 Å². The Morgan fingerprint density at radius 3 is 2.28 bits per heavy atom. The van der Waals surface area contributed by atoms with Crippen LogP contribution in [-0.2, 0) is 9.59 Å². The number of hydrogen-bond donors (Lipinski definition) is 0. The fourth-order valence-corrected chi connectivity index (χ4v) is 3.74. The first kappa shape index (κ1) is 20.8. The van der Waals surface area contributed by atoms with E-state index in [0.717, 1.165) is 13.1 Å². The molecule has 0 saturated carbocycles. The Morgan fingerprint density at radius 1 is 1.07 bits per heavy atom. The normalized spacial score (nSPS) is 19.2. The Bertz CT molecular complexity index is 882. The summed E-state index contributed by atoms with van der Waals surface area (Å²) in [6.45, 7) is 6.57. The molecule has 1 aliphatic rings. The summed E-state index contributed by atoms with van der Waals surface area (Å²) in [5.74, 6) is -3.40. The molecule has 0 spiro atoms. The summed E-state index contributed by atoms with van der Waals surface area (Å²) in [6.07, 6.45) is 2.94. The van der Waals surface area contributed by atoms with Gasteiger partial charge in [0.2, 0.25) is 5.78 Å². The second-order valence-electron chi connectivity index (χ2n) is 6.96. The van der Waals surface area contributed by atoms with Crippen LogP contribution in [-0.4, -0.2) is 58.4 Å². The molecule has 1 amide bonds.